The molecule has 0 saturated carbocycles. The standard InChI is InChI=1S/C13H12O2/c1-3-5-11-6-8-12(9-7-11)13(14)15-10-4-2/h4-9H,1-2,10H2. The molecule has 0 heterocycles. The molecule has 0 bridgehead atoms. The van der Waals surface area contributed by atoms with Crippen LogP contribution in [-0.4, -0.2) is 12.6 Å². The van der Waals surface area contributed by atoms with Crippen LogP contribution in [0.1, 0.15) is 15.9 Å². The Hall–Kier alpha value is -2.05. The highest BCUT2D eigenvalue weighted by Crippen LogP contribution is 2.06. The summed E-state index contributed by atoms with van der Waals surface area (Å²) in [4.78, 5) is 11.4. The van der Waals surface area contributed by atoms with Crippen molar-refractivity contribution in [1.82, 2.24) is 0 Å². The molecule has 0 N–H and O–H groups in total. The van der Waals surface area contributed by atoms with E-state index >= 15 is 0 Å². The fraction of sp³-hybridized carbons (Fsp3) is 0.0769. The van der Waals surface area contributed by atoms with E-state index in [1.54, 1.807) is 18.2 Å². The lowest BCUT2D eigenvalue weighted by Crippen LogP contribution is -2.04. The second-order valence-corrected chi connectivity index (χ2v) is 2.86. The van der Waals surface area contributed by atoms with E-state index < -0.39 is 0 Å². The molecule has 2 heteroatoms. The van der Waals surface area contributed by atoms with Crippen molar-refractivity contribution in [3.05, 3.63) is 60.4 Å². The van der Waals surface area contributed by atoms with Crippen molar-refractivity contribution in [3.8, 4) is 0 Å². The molecule has 0 unspecified atom stereocenters. The maximum absolute atomic E-state index is 11.4. The molecule has 0 aromatic heterocycles. The molecule has 0 saturated heterocycles. The van der Waals surface area contributed by atoms with Gasteiger partial charge in [-0.1, -0.05) is 31.4 Å². The molecule has 2 nitrogen and oxygen atoms in total. The third kappa shape index (κ3) is 3.29. The molecule has 0 aliphatic carbocycles. The van der Waals surface area contributed by atoms with Gasteiger partial charge in [-0.05, 0) is 23.8 Å². The Morgan fingerprint density at radius 1 is 1.40 bits per heavy atom. The lowest BCUT2D eigenvalue weighted by atomic mass is 10.1. The first-order chi connectivity index (χ1) is 7.27. The average Bonchev–Trinajstić information content (AvgIpc) is 2.27. The van der Waals surface area contributed by atoms with Crippen LogP contribution < -0.4 is 0 Å². The van der Waals surface area contributed by atoms with Gasteiger partial charge in [-0.2, -0.15) is 0 Å². The van der Waals surface area contributed by atoms with Crippen molar-refractivity contribution in [1.29, 1.82) is 0 Å². The van der Waals surface area contributed by atoms with Crippen LogP contribution in [-0.2, 0) is 4.74 Å². The summed E-state index contributed by atoms with van der Waals surface area (Å²) in [5, 5.41) is 0. The Labute approximate surface area is 89.2 Å². The predicted octanol–water partition coefficient (Wildman–Crippen LogP) is 2.83. The first-order valence-electron chi connectivity index (χ1n) is 4.52. The monoisotopic (exact) mass is 200 g/mol. The number of carbonyl (C=O) groups is 1. The zero-order valence-corrected chi connectivity index (χ0v) is 8.40. The smallest absolute Gasteiger partial charge is 0.338 e. The maximum atomic E-state index is 11.4. The van der Waals surface area contributed by atoms with E-state index in [-0.39, 0.29) is 12.6 Å². The topological polar surface area (TPSA) is 26.3 Å². The summed E-state index contributed by atoms with van der Waals surface area (Å²) in [6.45, 7) is 7.17. The predicted molar refractivity (Wildman–Crippen MR) is 60.5 cm³/mol. The molecule has 76 valence electrons. The van der Waals surface area contributed by atoms with Crippen LogP contribution in [0.15, 0.2) is 49.2 Å². The molecule has 0 amide bonds. The first kappa shape index (κ1) is 11.0. The molecule has 0 aliphatic rings. The Balaban J connectivity index is 2.74. The molecule has 0 spiro atoms. The Bertz CT molecular complexity index is 395. The van der Waals surface area contributed by atoms with Gasteiger partial charge in [0.1, 0.15) is 6.61 Å². The third-order valence-corrected chi connectivity index (χ3v) is 1.75. The fourth-order valence-electron chi connectivity index (χ4n) is 1.05. The van der Waals surface area contributed by atoms with Gasteiger partial charge in [0.25, 0.3) is 0 Å². The molecule has 1 aromatic rings. The van der Waals surface area contributed by atoms with Crippen molar-refractivity contribution in [2.45, 2.75) is 0 Å². The summed E-state index contributed by atoms with van der Waals surface area (Å²) >= 11 is 0. The number of hydrogen-bond acceptors (Lipinski definition) is 2. The van der Waals surface area contributed by atoms with Crippen molar-refractivity contribution in [3.63, 3.8) is 0 Å². The summed E-state index contributed by atoms with van der Waals surface area (Å²) in [7, 11) is 0. The van der Waals surface area contributed by atoms with Crippen LogP contribution in [0.5, 0.6) is 0 Å². The number of ether oxygens (including phenoxy) is 1. The fourth-order valence-corrected chi connectivity index (χ4v) is 1.05. The number of carbonyl (C=O) groups excluding carboxylic acids is 1. The van der Waals surface area contributed by atoms with Crippen molar-refractivity contribution < 1.29 is 9.53 Å². The molecule has 0 atom stereocenters. The maximum Gasteiger partial charge on any atom is 0.338 e. The molecular weight excluding hydrogens is 188 g/mol. The van der Waals surface area contributed by atoms with E-state index in [0.29, 0.717) is 5.56 Å². The molecule has 0 fully saturated rings. The van der Waals surface area contributed by atoms with Crippen LogP contribution in [0.3, 0.4) is 0 Å². The molecule has 0 aliphatic heterocycles. The molecular formula is C13H12O2. The minimum Gasteiger partial charge on any atom is -0.458 e. The van der Waals surface area contributed by atoms with E-state index in [2.05, 4.69) is 18.9 Å². The average molecular weight is 200 g/mol. The lowest BCUT2D eigenvalue weighted by molar-refractivity contribution is 0.0550. The van der Waals surface area contributed by atoms with Gasteiger partial charge >= 0.3 is 5.97 Å². The molecule has 1 aromatic carbocycles. The van der Waals surface area contributed by atoms with Crippen LogP contribution in [0.2, 0.25) is 0 Å². The van der Waals surface area contributed by atoms with Crippen molar-refractivity contribution in [2.75, 3.05) is 6.61 Å². The summed E-state index contributed by atoms with van der Waals surface area (Å²) in [5.41, 5.74) is 4.14. The lowest BCUT2D eigenvalue weighted by Gasteiger charge is -2.01. The largest absolute Gasteiger partial charge is 0.458 e. The normalized spacial score (nSPS) is 8.80. The molecule has 1 rings (SSSR count). The van der Waals surface area contributed by atoms with Crippen molar-refractivity contribution in [2.24, 2.45) is 0 Å². The highest BCUT2D eigenvalue weighted by Gasteiger charge is 2.04. The van der Waals surface area contributed by atoms with Gasteiger partial charge in [-0.3, -0.25) is 0 Å². The second kappa shape index (κ2) is 5.63. The third-order valence-electron chi connectivity index (χ3n) is 1.75. The number of esters is 1. The number of hydrogen-bond donors (Lipinski definition) is 0. The Morgan fingerprint density at radius 2 is 2.07 bits per heavy atom. The van der Waals surface area contributed by atoms with Gasteiger partial charge in [-0.15, -0.1) is 5.73 Å². The first-order valence-corrected chi connectivity index (χ1v) is 4.52. The zero-order chi connectivity index (χ0) is 11.1. The van der Waals surface area contributed by atoms with Crippen LogP contribution in [0.4, 0.5) is 0 Å². The van der Waals surface area contributed by atoms with Gasteiger partial charge in [0, 0.05) is 0 Å². The van der Waals surface area contributed by atoms with Gasteiger partial charge < -0.3 is 4.74 Å². The summed E-state index contributed by atoms with van der Waals surface area (Å²) in [6.07, 6.45) is 3.27. The summed E-state index contributed by atoms with van der Waals surface area (Å²) in [6, 6.07) is 7.02. The van der Waals surface area contributed by atoms with E-state index in [9.17, 15) is 4.79 Å². The van der Waals surface area contributed by atoms with Gasteiger partial charge in [0.15, 0.2) is 0 Å². The number of rotatable bonds is 4. The summed E-state index contributed by atoms with van der Waals surface area (Å²) in [5.74, 6) is -0.343. The van der Waals surface area contributed by atoms with E-state index in [1.165, 1.54) is 6.08 Å². The highest BCUT2D eigenvalue weighted by atomic mass is 16.5. The van der Waals surface area contributed by atoms with Gasteiger partial charge in [-0.25, -0.2) is 4.79 Å². The highest BCUT2D eigenvalue weighted by molar-refractivity contribution is 5.89. The van der Waals surface area contributed by atoms with E-state index in [1.807, 2.05) is 12.1 Å². The minimum atomic E-state index is -0.343. The number of benzene rings is 1. The summed E-state index contributed by atoms with van der Waals surface area (Å²) < 4.78 is 4.88. The minimum absolute atomic E-state index is 0.229. The SMILES string of the molecule is C=C=Cc1ccc(C(=O)OCC=C)cc1. The second-order valence-electron chi connectivity index (χ2n) is 2.86. The molecule has 0 radical (unpaired) electrons. The zero-order valence-electron chi connectivity index (χ0n) is 8.40. The molecule has 15 heavy (non-hydrogen) atoms. The van der Waals surface area contributed by atoms with E-state index in [4.69, 9.17) is 4.74 Å². The van der Waals surface area contributed by atoms with Gasteiger partial charge in [0.05, 0.1) is 5.56 Å². The Kier molecular flexibility index (Phi) is 4.14. The van der Waals surface area contributed by atoms with Gasteiger partial charge in [0.2, 0.25) is 0 Å². The van der Waals surface area contributed by atoms with Crippen LogP contribution in [0, 0.1) is 0 Å². The van der Waals surface area contributed by atoms with E-state index in [0.717, 1.165) is 5.56 Å². The van der Waals surface area contributed by atoms with Crippen LogP contribution >= 0.6 is 0 Å². The Morgan fingerprint density at radius 3 is 2.60 bits per heavy atom. The van der Waals surface area contributed by atoms with Crippen molar-refractivity contribution >= 4 is 12.0 Å². The quantitative estimate of drug-likeness (QED) is 0.424. The van der Waals surface area contributed by atoms with Crippen LogP contribution in [0.25, 0.3) is 6.08 Å².